The Labute approximate surface area is 148 Å². The third kappa shape index (κ3) is 4.61. The first kappa shape index (κ1) is 17.5. The Hall–Kier alpha value is -1.33. The van der Waals surface area contributed by atoms with E-state index in [1.165, 1.54) is 0 Å². The number of furan rings is 1. The second kappa shape index (κ2) is 8.67. The van der Waals surface area contributed by atoms with Crippen LogP contribution in [0, 0.1) is 6.92 Å². The molecule has 1 fully saturated rings. The highest BCUT2D eigenvalue weighted by atomic mass is 35.5. The summed E-state index contributed by atoms with van der Waals surface area (Å²) in [5.74, 6) is 1.83. The summed E-state index contributed by atoms with van der Waals surface area (Å²) in [5, 5.41) is 4.22. The molecule has 0 unspecified atom stereocenters. The molecule has 0 bridgehead atoms. The zero-order chi connectivity index (χ0) is 16.8. The van der Waals surface area contributed by atoms with E-state index >= 15 is 0 Å². The fraction of sp³-hybridized carbons (Fsp3) is 0.474. The predicted octanol–water partition coefficient (Wildman–Crippen LogP) is 3.72. The number of hydrogen-bond donors (Lipinski definition) is 1. The van der Waals surface area contributed by atoms with Crippen molar-refractivity contribution in [3.8, 4) is 11.3 Å². The minimum absolute atomic E-state index is 0.753. The number of morpholine rings is 1. The van der Waals surface area contributed by atoms with Gasteiger partial charge in [0.05, 0.1) is 19.8 Å². The molecule has 0 atom stereocenters. The van der Waals surface area contributed by atoms with Gasteiger partial charge >= 0.3 is 0 Å². The molecule has 2 heterocycles. The molecule has 3 rings (SSSR count). The lowest BCUT2D eigenvalue weighted by Crippen LogP contribution is -2.37. The van der Waals surface area contributed by atoms with Crippen molar-refractivity contribution in [2.24, 2.45) is 0 Å². The molecule has 4 nitrogen and oxygen atoms in total. The second-order valence-corrected chi connectivity index (χ2v) is 6.57. The summed E-state index contributed by atoms with van der Waals surface area (Å²) in [4.78, 5) is 2.46. The van der Waals surface area contributed by atoms with E-state index in [4.69, 9.17) is 20.8 Å². The Morgan fingerprint density at radius 3 is 2.83 bits per heavy atom. The van der Waals surface area contributed by atoms with Crippen molar-refractivity contribution in [3.63, 3.8) is 0 Å². The Kier molecular flexibility index (Phi) is 6.32. The first-order valence-electron chi connectivity index (χ1n) is 8.59. The topological polar surface area (TPSA) is 37.6 Å². The normalized spacial score (nSPS) is 15.8. The van der Waals surface area contributed by atoms with Crippen LogP contribution in [0.2, 0.25) is 5.02 Å². The van der Waals surface area contributed by atoms with Crippen molar-refractivity contribution in [1.29, 1.82) is 0 Å². The third-order valence-electron chi connectivity index (χ3n) is 4.43. The molecule has 5 heteroatoms. The number of benzene rings is 1. The quantitative estimate of drug-likeness (QED) is 0.774. The molecule has 0 spiro atoms. The number of hydrogen-bond acceptors (Lipinski definition) is 4. The van der Waals surface area contributed by atoms with Gasteiger partial charge in [-0.05, 0) is 50.2 Å². The van der Waals surface area contributed by atoms with Crippen LogP contribution in [0.25, 0.3) is 11.3 Å². The number of halogens is 1. The van der Waals surface area contributed by atoms with E-state index in [9.17, 15) is 0 Å². The first-order valence-corrected chi connectivity index (χ1v) is 8.97. The van der Waals surface area contributed by atoms with Crippen molar-refractivity contribution < 1.29 is 9.15 Å². The molecule has 1 aliphatic rings. The molecular formula is C19H25ClN2O2. The van der Waals surface area contributed by atoms with E-state index in [0.717, 1.165) is 80.0 Å². The van der Waals surface area contributed by atoms with E-state index < -0.39 is 0 Å². The highest BCUT2D eigenvalue weighted by Gasteiger charge is 2.10. The van der Waals surface area contributed by atoms with Crippen molar-refractivity contribution in [1.82, 2.24) is 10.2 Å². The first-order chi connectivity index (χ1) is 11.7. The Morgan fingerprint density at radius 1 is 1.17 bits per heavy atom. The molecule has 2 aromatic rings. The smallest absolute Gasteiger partial charge is 0.134 e. The second-order valence-electron chi connectivity index (χ2n) is 6.16. The molecule has 1 saturated heterocycles. The number of nitrogens with zero attached hydrogens (tertiary/aromatic N) is 1. The highest BCUT2D eigenvalue weighted by Crippen LogP contribution is 2.29. The van der Waals surface area contributed by atoms with Crippen LogP contribution in [0.5, 0.6) is 0 Å². The maximum atomic E-state index is 6.19. The van der Waals surface area contributed by atoms with Crippen LogP contribution < -0.4 is 5.32 Å². The van der Waals surface area contributed by atoms with Gasteiger partial charge in [0.25, 0.3) is 0 Å². The standard InChI is InChI=1S/C19H25ClN2O2/c1-15-17(4-2-5-18(15)20)19-7-6-16(24-19)14-21-8-3-9-22-10-12-23-13-11-22/h2,4-7,21H,3,8-14H2,1H3. The van der Waals surface area contributed by atoms with E-state index in [2.05, 4.69) is 10.2 Å². The van der Waals surface area contributed by atoms with Gasteiger partial charge in [-0.15, -0.1) is 0 Å². The molecule has 0 radical (unpaired) electrons. The zero-order valence-corrected chi connectivity index (χ0v) is 14.9. The van der Waals surface area contributed by atoms with Crippen LogP contribution in [0.1, 0.15) is 17.7 Å². The molecule has 130 valence electrons. The number of nitrogens with one attached hydrogen (secondary N) is 1. The van der Waals surface area contributed by atoms with Crippen LogP contribution in [0.15, 0.2) is 34.7 Å². The minimum atomic E-state index is 0.753. The third-order valence-corrected chi connectivity index (χ3v) is 4.84. The molecule has 24 heavy (non-hydrogen) atoms. The fourth-order valence-corrected chi connectivity index (χ4v) is 3.13. The van der Waals surface area contributed by atoms with Gasteiger partial charge in [-0.25, -0.2) is 0 Å². The highest BCUT2D eigenvalue weighted by molar-refractivity contribution is 6.31. The van der Waals surface area contributed by atoms with Gasteiger partial charge in [0, 0.05) is 23.7 Å². The summed E-state index contributed by atoms with van der Waals surface area (Å²) in [6.07, 6.45) is 1.14. The molecule has 1 N–H and O–H groups in total. The van der Waals surface area contributed by atoms with Crippen molar-refractivity contribution in [2.45, 2.75) is 19.9 Å². The Bertz CT molecular complexity index is 651. The van der Waals surface area contributed by atoms with E-state index in [-0.39, 0.29) is 0 Å². The SMILES string of the molecule is Cc1c(Cl)cccc1-c1ccc(CNCCCN2CCOCC2)o1. The van der Waals surface area contributed by atoms with Gasteiger partial charge in [-0.3, -0.25) is 4.90 Å². The summed E-state index contributed by atoms with van der Waals surface area (Å²) in [5.41, 5.74) is 2.11. The van der Waals surface area contributed by atoms with Crippen molar-refractivity contribution >= 4 is 11.6 Å². The summed E-state index contributed by atoms with van der Waals surface area (Å²) in [6.45, 7) is 8.73. The van der Waals surface area contributed by atoms with E-state index in [0.29, 0.717) is 0 Å². The fourth-order valence-electron chi connectivity index (χ4n) is 2.96. The van der Waals surface area contributed by atoms with Crippen LogP contribution in [0.3, 0.4) is 0 Å². The molecule has 1 aromatic heterocycles. The summed E-state index contributed by atoms with van der Waals surface area (Å²) in [6, 6.07) is 9.95. The average molecular weight is 349 g/mol. The average Bonchev–Trinajstić information content (AvgIpc) is 3.07. The molecule has 0 amide bonds. The molecule has 1 aromatic carbocycles. The van der Waals surface area contributed by atoms with Gasteiger partial charge in [-0.1, -0.05) is 23.7 Å². The maximum absolute atomic E-state index is 6.19. The van der Waals surface area contributed by atoms with Crippen LogP contribution in [-0.4, -0.2) is 44.3 Å². The lowest BCUT2D eigenvalue weighted by Gasteiger charge is -2.26. The van der Waals surface area contributed by atoms with Gasteiger partial charge in [0.1, 0.15) is 11.5 Å². The van der Waals surface area contributed by atoms with Crippen molar-refractivity contribution in [2.75, 3.05) is 39.4 Å². The summed E-state index contributed by atoms with van der Waals surface area (Å²) >= 11 is 6.19. The van der Waals surface area contributed by atoms with Crippen LogP contribution in [-0.2, 0) is 11.3 Å². The van der Waals surface area contributed by atoms with Gasteiger partial charge in [-0.2, -0.15) is 0 Å². The van der Waals surface area contributed by atoms with Gasteiger partial charge in [0.15, 0.2) is 0 Å². The minimum Gasteiger partial charge on any atom is -0.460 e. The Morgan fingerprint density at radius 2 is 2.00 bits per heavy atom. The molecule has 1 aliphatic heterocycles. The lowest BCUT2D eigenvalue weighted by molar-refractivity contribution is 0.0374. The monoisotopic (exact) mass is 348 g/mol. The van der Waals surface area contributed by atoms with E-state index in [1.54, 1.807) is 0 Å². The van der Waals surface area contributed by atoms with Crippen molar-refractivity contribution in [3.05, 3.63) is 46.7 Å². The van der Waals surface area contributed by atoms with E-state index in [1.807, 2.05) is 37.3 Å². The Balaban J connectivity index is 1.43. The van der Waals surface area contributed by atoms with Crippen LogP contribution in [0.4, 0.5) is 0 Å². The molecule has 0 saturated carbocycles. The summed E-state index contributed by atoms with van der Waals surface area (Å²) in [7, 11) is 0. The zero-order valence-electron chi connectivity index (χ0n) is 14.2. The predicted molar refractivity (Wildman–Crippen MR) is 97.5 cm³/mol. The lowest BCUT2D eigenvalue weighted by atomic mass is 10.1. The summed E-state index contributed by atoms with van der Waals surface area (Å²) < 4.78 is 11.3. The molecule has 0 aliphatic carbocycles. The van der Waals surface area contributed by atoms with Crippen LogP contribution >= 0.6 is 11.6 Å². The van der Waals surface area contributed by atoms with Gasteiger partial charge in [0.2, 0.25) is 0 Å². The largest absolute Gasteiger partial charge is 0.460 e. The number of rotatable bonds is 7. The van der Waals surface area contributed by atoms with Gasteiger partial charge < -0.3 is 14.5 Å². The molecular weight excluding hydrogens is 324 g/mol. The maximum Gasteiger partial charge on any atom is 0.134 e. The number of ether oxygens (including phenoxy) is 1.